The van der Waals surface area contributed by atoms with Crippen LogP contribution in [-0.2, 0) is 14.3 Å². The van der Waals surface area contributed by atoms with Crippen LogP contribution in [0.2, 0.25) is 0 Å². The average Bonchev–Trinajstić information content (AvgIpc) is 3.60. The number of alkyl carbamates (subject to hydrolysis) is 1. The second-order valence-corrected chi connectivity index (χ2v) is 11.5. The van der Waals surface area contributed by atoms with E-state index in [1.165, 1.54) is 11.3 Å². The van der Waals surface area contributed by atoms with Crippen LogP contribution in [0.15, 0.2) is 77.8 Å². The van der Waals surface area contributed by atoms with E-state index >= 15 is 0 Å². The number of carbonyl (C=O) groups excluding carboxylic acids is 3. The Morgan fingerprint density at radius 2 is 1.56 bits per heavy atom. The highest BCUT2D eigenvalue weighted by atomic mass is 32.1. The van der Waals surface area contributed by atoms with Crippen LogP contribution in [0, 0.1) is 0 Å². The summed E-state index contributed by atoms with van der Waals surface area (Å²) < 4.78 is 6.32. The number of ether oxygens (including phenoxy) is 1. The smallest absolute Gasteiger partial charge is 0.407 e. The molecule has 0 unspecified atom stereocenters. The highest BCUT2D eigenvalue weighted by Crippen LogP contribution is 2.44. The van der Waals surface area contributed by atoms with Gasteiger partial charge in [0.1, 0.15) is 12.6 Å². The van der Waals surface area contributed by atoms with E-state index in [0.29, 0.717) is 11.9 Å². The second-order valence-electron chi connectivity index (χ2n) is 10.5. The predicted octanol–water partition coefficient (Wildman–Crippen LogP) is 3.40. The third-order valence-electron chi connectivity index (χ3n) is 7.41. The minimum absolute atomic E-state index is 0.0230. The van der Waals surface area contributed by atoms with Gasteiger partial charge in [-0.2, -0.15) is 0 Å². The van der Waals surface area contributed by atoms with Gasteiger partial charge < -0.3 is 31.9 Å². The Kier molecular flexibility index (Phi) is 9.68. The normalized spacial score (nSPS) is 13.2. The van der Waals surface area contributed by atoms with E-state index in [1.54, 1.807) is 12.1 Å². The summed E-state index contributed by atoms with van der Waals surface area (Å²) >= 11 is 1.18. The van der Waals surface area contributed by atoms with E-state index in [-0.39, 0.29) is 36.5 Å². The minimum Gasteiger partial charge on any atom is -0.481 e. The fraction of sp³-hybridized carbons (Fsp3) is 0.250. The largest absolute Gasteiger partial charge is 0.481 e. The van der Waals surface area contributed by atoms with Crippen molar-refractivity contribution < 1.29 is 29.0 Å². The fourth-order valence-electron chi connectivity index (χ4n) is 5.34. The van der Waals surface area contributed by atoms with E-state index in [4.69, 9.17) is 16.2 Å². The molecule has 1 aliphatic carbocycles. The monoisotopic (exact) mass is 628 g/mol. The third kappa shape index (κ3) is 7.44. The Hall–Kier alpha value is -5.30. The van der Waals surface area contributed by atoms with Gasteiger partial charge in [-0.05, 0) is 47.2 Å². The van der Waals surface area contributed by atoms with Crippen LogP contribution in [0.25, 0.3) is 21.3 Å². The molecule has 13 heteroatoms. The maximum absolute atomic E-state index is 13.5. The van der Waals surface area contributed by atoms with E-state index in [9.17, 15) is 24.3 Å². The van der Waals surface area contributed by atoms with Crippen molar-refractivity contribution in [3.63, 3.8) is 0 Å². The lowest BCUT2D eigenvalue weighted by atomic mass is 9.98. The first kappa shape index (κ1) is 31.1. The second kappa shape index (κ2) is 14.0. The Bertz CT molecular complexity index is 1690. The molecule has 0 radical (unpaired) electrons. The lowest BCUT2D eigenvalue weighted by molar-refractivity contribution is -0.139. The van der Waals surface area contributed by atoms with Gasteiger partial charge in [0.05, 0.1) is 22.7 Å². The summed E-state index contributed by atoms with van der Waals surface area (Å²) in [5.41, 5.74) is 15.5. The number of benzene rings is 3. The minimum atomic E-state index is -1.51. The molecular formula is C32H32N6O6S. The molecule has 2 amide bonds. The molecule has 0 spiro atoms. The Balaban J connectivity index is 1.28. The van der Waals surface area contributed by atoms with Gasteiger partial charge >= 0.3 is 12.1 Å². The molecule has 232 valence electrons. The van der Waals surface area contributed by atoms with Crippen molar-refractivity contribution in [3.8, 4) is 11.1 Å². The number of aromatic nitrogens is 1. The van der Waals surface area contributed by atoms with Gasteiger partial charge in [0.15, 0.2) is 11.0 Å². The summed E-state index contributed by atoms with van der Waals surface area (Å²) in [4.78, 5) is 59.8. The summed E-state index contributed by atoms with van der Waals surface area (Å²) in [7, 11) is 0. The number of thiazole rings is 1. The number of hydrogen-bond acceptors (Lipinski definition) is 8. The number of nitrogens with zero attached hydrogens (tertiary/aromatic N) is 2. The van der Waals surface area contributed by atoms with Crippen molar-refractivity contribution in [3.05, 3.63) is 88.9 Å². The number of Topliss-reactive ketones (excluding diaryl/α,β-unsaturated/α-hetero) is 1. The lowest BCUT2D eigenvalue weighted by Crippen LogP contribution is -2.52. The van der Waals surface area contributed by atoms with Crippen molar-refractivity contribution in [2.75, 3.05) is 13.2 Å². The molecule has 0 saturated heterocycles. The van der Waals surface area contributed by atoms with Crippen LogP contribution in [-0.4, -0.2) is 65.0 Å². The van der Waals surface area contributed by atoms with E-state index < -0.39 is 42.3 Å². The summed E-state index contributed by atoms with van der Waals surface area (Å²) in [6, 6.07) is 20.3. The lowest BCUT2D eigenvalue weighted by Gasteiger charge is -2.22. The van der Waals surface area contributed by atoms with Crippen molar-refractivity contribution in [2.45, 2.75) is 37.3 Å². The molecule has 1 aliphatic rings. The molecule has 0 bridgehead atoms. The number of fused-ring (bicyclic) bond motifs is 4. The van der Waals surface area contributed by atoms with E-state index in [0.717, 1.165) is 27.0 Å². The van der Waals surface area contributed by atoms with Crippen LogP contribution in [0.3, 0.4) is 0 Å². The van der Waals surface area contributed by atoms with Gasteiger partial charge in [0.2, 0.25) is 11.7 Å². The maximum atomic E-state index is 13.5. The van der Waals surface area contributed by atoms with Gasteiger partial charge in [0, 0.05) is 12.5 Å². The Morgan fingerprint density at radius 3 is 2.20 bits per heavy atom. The summed E-state index contributed by atoms with van der Waals surface area (Å²) in [6.07, 6.45) is -1.21. The third-order valence-corrected chi connectivity index (χ3v) is 8.46. The zero-order valence-electron chi connectivity index (χ0n) is 24.1. The van der Waals surface area contributed by atoms with Crippen LogP contribution in [0.5, 0.6) is 0 Å². The molecule has 5 rings (SSSR count). The zero-order chi connectivity index (χ0) is 31.9. The number of guanidine groups is 1. The van der Waals surface area contributed by atoms with Crippen molar-refractivity contribution >= 4 is 51.3 Å². The number of carbonyl (C=O) groups is 4. The molecule has 45 heavy (non-hydrogen) atoms. The number of aliphatic carboxylic acids is 1. The number of para-hydroxylation sites is 1. The number of nitrogens with one attached hydrogen (secondary N) is 2. The van der Waals surface area contributed by atoms with Gasteiger partial charge in [-0.3, -0.25) is 19.4 Å². The molecule has 12 nitrogen and oxygen atoms in total. The number of nitrogens with two attached hydrogens (primary N) is 2. The van der Waals surface area contributed by atoms with Gasteiger partial charge in [-0.25, -0.2) is 9.78 Å². The van der Waals surface area contributed by atoms with Crippen LogP contribution in [0.4, 0.5) is 4.79 Å². The number of carboxylic acids is 1. The topological polar surface area (TPSA) is 199 Å². The SMILES string of the molecule is NC(N)=NCCC[C@H](NC(=O)[C@H](CC(=O)O)NC(=O)OCC1c2ccccc2-c2ccccc21)C(=O)c1nc2ccccc2s1. The first-order valence-corrected chi connectivity index (χ1v) is 15.1. The predicted molar refractivity (Wildman–Crippen MR) is 170 cm³/mol. The molecule has 0 fully saturated rings. The Labute approximate surface area is 262 Å². The molecule has 0 saturated carbocycles. The molecule has 0 aliphatic heterocycles. The molecule has 1 aromatic heterocycles. The highest BCUT2D eigenvalue weighted by Gasteiger charge is 2.32. The molecule has 4 aromatic rings. The van der Waals surface area contributed by atoms with Crippen LogP contribution >= 0.6 is 11.3 Å². The van der Waals surface area contributed by atoms with Crippen molar-refractivity contribution in [1.29, 1.82) is 0 Å². The fourth-order valence-corrected chi connectivity index (χ4v) is 6.30. The first-order valence-electron chi connectivity index (χ1n) is 14.3. The first-order chi connectivity index (χ1) is 21.7. The molecular weight excluding hydrogens is 596 g/mol. The number of carboxylic acid groups (broad SMARTS) is 1. The summed E-state index contributed by atoms with van der Waals surface area (Å²) in [6.45, 7) is 0.184. The average molecular weight is 629 g/mol. The highest BCUT2D eigenvalue weighted by molar-refractivity contribution is 7.20. The maximum Gasteiger partial charge on any atom is 0.407 e. The molecule has 2 atom stereocenters. The quantitative estimate of drug-likeness (QED) is 0.0637. The summed E-state index contributed by atoms with van der Waals surface area (Å²) in [5.74, 6) is -2.97. The Morgan fingerprint density at radius 1 is 0.911 bits per heavy atom. The molecule has 1 heterocycles. The van der Waals surface area contributed by atoms with E-state index in [2.05, 4.69) is 20.6 Å². The summed E-state index contributed by atoms with van der Waals surface area (Å²) in [5, 5.41) is 14.7. The molecule has 7 N–H and O–H groups in total. The van der Waals surface area contributed by atoms with Crippen LogP contribution in [0.1, 0.15) is 46.1 Å². The molecule has 3 aromatic carbocycles. The number of rotatable bonds is 13. The zero-order valence-corrected chi connectivity index (χ0v) is 25.0. The van der Waals surface area contributed by atoms with Crippen LogP contribution < -0.4 is 22.1 Å². The van der Waals surface area contributed by atoms with Gasteiger partial charge in [-0.1, -0.05) is 60.7 Å². The van der Waals surface area contributed by atoms with E-state index in [1.807, 2.05) is 60.7 Å². The van der Waals surface area contributed by atoms with Crippen molar-refractivity contribution in [1.82, 2.24) is 15.6 Å². The van der Waals surface area contributed by atoms with Gasteiger partial charge in [-0.15, -0.1) is 11.3 Å². The standard InChI is InChI=1S/C32H32N6O6S/c33-31(34)35-15-7-13-24(28(41)30-37-23-12-5-6-14-26(23)45-30)36-29(42)25(16-27(39)40)38-32(43)44-17-22-20-10-3-1-8-18(20)19-9-2-4-11-21(19)22/h1-6,8-12,14,22,24-25H,7,13,15-17H2,(H,36,42)(H,38,43)(H,39,40)(H4,33,34,35)/t24-,25-/m0/s1. The van der Waals surface area contributed by atoms with Crippen molar-refractivity contribution in [2.24, 2.45) is 16.5 Å². The number of amides is 2. The van der Waals surface area contributed by atoms with Gasteiger partial charge in [0.25, 0.3) is 0 Å². The number of aliphatic imine (C=N–C) groups is 1. The number of ketones is 1. The number of hydrogen-bond donors (Lipinski definition) is 5.